The minimum atomic E-state index is -0.172. The second-order valence-electron chi connectivity index (χ2n) is 6.60. The third-order valence-electron chi connectivity index (χ3n) is 4.80. The molecule has 2 heterocycles. The second-order valence-corrected chi connectivity index (χ2v) is 6.60. The molecule has 2 aromatic rings. The maximum absolute atomic E-state index is 12.4. The van der Waals surface area contributed by atoms with E-state index in [4.69, 9.17) is 0 Å². The van der Waals surface area contributed by atoms with E-state index in [-0.39, 0.29) is 5.91 Å². The van der Waals surface area contributed by atoms with Crippen molar-refractivity contribution in [3.05, 3.63) is 53.3 Å². The number of hydrogen-bond acceptors (Lipinski definition) is 4. The van der Waals surface area contributed by atoms with Gasteiger partial charge in [0.2, 0.25) is 0 Å². The summed E-state index contributed by atoms with van der Waals surface area (Å²) in [6.07, 6.45) is 1.80. The molecule has 1 aromatic carbocycles. The Balaban J connectivity index is 1.64. The number of anilines is 2. The van der Waals surface area contributed by atoms with Gasteiger partial charge in [-0.05, 0) is 44.2 Å². The van der Waals surface area contributed by atoms with E-state index >= 15 is 0 Å². The van der Waals surface area contributed by atoms with Crippen molar-refractivity contribution >= 4 is 17.3 Å². The lowest BCUT2D eigenvalue weighted by molar-refractivity contribution is 0.102. The van der Waals surface area contributed by atoms with Crippen LogP contribution >= 0.6 is 0 Å². The summed E-state index contributed by atoms with van der Waals surface area (Å²) in [7, 11) is 0. The van der Waals surface area contributed by atoms with Crippen LogP contribution in [0.1, 0.15) is 28.5 Å². The molecule has 0 bridgehead atoms. The number of aryl methyl sites for hydroxylation is 2. The highest BCUT2D eigenvalue weighted by Gasteiger charge is 2.17. The average Bonchev–Trinajstić information content (AvgIpc) is 2.64. The molecule has 3 rings (SSSR count). The molecule has 0 radical (unpaired) electrons. The van der Waals surface area contributed by atoms with Crippen LogP contribution < -0.4 is 10.2 Å². The number of rotatable bonds is 4. The van der Waals surface area contributed by atoms with Crippen LogP contribution in [0.3, 0.4) is 0 Å². The largest absolute Gasteiger partial charge is 0.368 e. The van der Waals surface area contributed by atoms with Gasteiger partial charge in [-0.2, -0.15) is 0 Å². The Bertz CT molecular complexity index is 734. The van der Waals surface area contributed by atoms with E-state index in [1.165, 1.54) is 5.56 Å². The van der Waals surface area contributed by atoms with Gasteiger partial charge < -0.3 is 15.1 Å². The van der Waals surface area contributed by atoms with Gasteiger partial charge in [0.25, 0.3) is 5.91 Å². The molecule has 1 fully saturated rings. The topological polar surface area (TPSA) is 48.5 Å². The SMILES string of the molecule is CCN1CCN(c2ccc(C(=O)Nc3ccc(C)cc3C)nc2)CC1. The normalized spacial score (nSPS) is 15.2. The molecule has 1 saturated heterocycles. The van der Waals surface area contributed by atoms with Crippen molar-refractivity contribution in [3.8, 4) is 0 Å². The zero-order valence-corrected chi connectivity index (χ0v) is 15.2. The smallest absolute Gasteiger partial charge is 0.274 e. The van der Waals surface area contributed by atoms with Gasteiger partial charge in [0.15, 0.2) is 0 Å². The van der Waals surface area contributed by atoms with Crippen LogP contribution in [0, 0.1) is 13.8 Å². The molecule has 0 unspecified atom stereocenters. The zero-order valence-electron chi connectivity index (χ0n) is 15.2. The first kappa shape index (κ1) is 17.4. The van der Waals surface area contributed by atoms with Crippen molar-refractivity contribution in [1.29, 1.82) is 0 Å². The summed E-state index contributed by atoms with van der Waals surface area (Å²) < 4.78 is 0. The summed E-state index contributed by atoms with van der Waals surface area (Å²) in [6, 6.07) is 9.78. The average molecular weight is 338 g/mol. The van der Waals surface area contributed by atoms with Gasteiger partial charge in [-0.15, -0.1) is 0 Å². The lowest BCUT2D eigenvalue weighted by Crippen LogP contribution is -2.46. The van der Waals surface area contributed by atoms with Gasteiger partial charge in [-0.3, -0.25) is 4.79 Å². The number of hydrogen-bond donors (Lipinski definition) is 1. The molecule has 0 saturated carbocycles. The molecule has 5 nitrogen and oxygen atoms in total. The summed E-state index contributed by atoms with van der Waals surface area (Å²) in [5, 5.41) is 2.94. The molecule has 0 spiro atoms. The fourth-order valence-corrected chi connectivity index (χ4v) is 3.17. The van der Waals surface area contributed by atoms with E-state index in [9.17, 15) is 4.79 Å². The number of carbonyl (C=O) groups excluding carboxylic acids is 1. The Morgan fingerprint density at radius 3 is 2.48 bits per heavy atom. The molecule has 25 heavy (non-hydrogen) atoms. The van der Waals surface area contributed by atoms with E-state index in [1.807, 2.05) is 32.0 Å². The van der Waals surface area contributed by atoms with Crippen molar-refractivity contribution in [2.45, 2.75) is 20.8 Å². The van der Waals surface area contributed by atoms with Crippen LogP contribution in [-0.2, 0) is 0 Å². The Labute approximate surface area is 149 Å². The van der Waals surface area contributed by atoms with Crippen molar-refractivity contribution < 1.29 is 4.79 Å². The molecule has 1 aliphatic heterocycles. The standard InChI is InChI=1S/C20H26N4O/c1-4-23-9-11-24(12-10-23)17-6-8-19(21-14-17)20(25)22-18-7-5-15(2)13-16(18)3/h5-8,13-14H,4,9-12H2,1-3H3,(H,22,25). The van der Waals surface area contributed by atoms with Gasteiger partial charge >= 0.3 is 0 Å². The minimum absolute atomic E-state index is 0.172. The van der Waals surface area contributed by atoms with Gasteiger partial charge in [0.1, 0.15) is 5.69 Å². The summed E-state index contributed by atoms with van der Waals surface area (Å²) in [6.45, 7) is 11.5. The van der Waals surface area contributed by atoms with E-state index in [1.54, 1.807) is 12.3 Å². The van der Waals surface area contributed by atoms with Gasteiger partial charge in [0.05, 0.1) is 11.9 Å². The van der Waals surface area contributed by atoms with Crippen LogP contribution in [0.5, 0.6) is 0 Å². The molecule has 132 valence electrons. The number of likely N-dealkylation sites (N-methyl/N-ethyl adjacent to an activating group) is 1. The van der Waals surface area contributed by atoms with Crippen molar-refractivity contribution in [2.24, 2.45) is 0 Å². The Morgan fingerprint density at radius 2 is 1.88 bits per heavy atom. The fourth-order valence-electron chi connectivity index (χ4n) is 3.17. The molecule has 1 N–H and O–H groups in total. The number of piperazine rings is 1. The molecule has 1 amide bonds. The number of nitrogens with one attached hydrogen (secondary N) is 1. The number of carbonyl (C=O) groups is 1. The number of amides is 1. The minimum Gasteiger partial charge on any atom is -0.368 e. The maximum atomic E-state index is 12.4. The number of benzene rings is 1. The number of aromatic nitrogens is 1. The molecule has 1 aliphatic rings. The molecule has 1 aromatic heterocycles. The summed E-state index contributed by atoms with van der Waals surface area (Å²) >= 11 is 0. The first-order valence-electron chi connectivity index (χ1n) is 8.89. The van der Waals surface area contributed by atoms with Crippen LogP contribution in [0.15, 0.2) is 36.5 Å². The Kier molecular flexibility index (Phi) is 5.34. The quantitative estimate of drug-likeness (QED) is 0.931. The second kappa shape index (κ2) is 7.66. The third-order valence-corrected chi connectivity index (χ3v) is 4.80. The highest BCUT2D eigenvalue weighted by Crippen LogP contribution is 2.18. The highest BCUT2D eigenvalue weighted by molar-refractivity contribution is 6.03. The van der Waals surface area contributed by atoms with E-state index in [0.29, 0.717) is 5.69 Å². The van der Waals surface area contributed by atoms with Crippen molar-refractivity contribution in [2.75, 3.05) is 42.9 Å². The molecule has 0 atom stereocenters. The molecule has 0 aliphatic carbocycles. The van der Waals surface area contributed by atoms with Crippen LogP contribution in [0.4, 0.5) is 11.4 Å². The van der Waals surface area contributed by atoms with Crippen LogP contribution in [0.2, 0.25) is 0 Å². The van der Waals surface area contributed by atoms with Gasteiger partial charge in [-0.1, -0.05) is 24.6 Å². The van der Waals surface area contributed by atoms with Crippen molar-refractivity contribution in [1.82, 2.24) is 9.88 Å². The number of pyridine rings is 1. The zero-order chi connectivity index (χ0) is 17.8. The van der Waals surface area contributed by atoms with Gasteiger partial charge in [0, 0.05) is 31.9 Å². The number of nitrogens with zero attached hydrogens (tertiary/aromatic N) is 3. The summed E-state index contributed by atoms with van der Waals surface area (Å²) in [5.74, 6) is -0.172. The monoisotopic (exact) mass is 338 g/mol. The summed E-state index contributed by atoms with van der Waals surface area (Å²) in [5.41, 5.74) is 4.59. The Hall–Kier alpha value is -2.40. The predicted octanol–water partition coefficient (Wildman–Crippen LogP) is 3.09. The molecule has 5 heteroatoms. The lowest BCUT2D eigenvalue weighted by Gasteiger charge is -2.35. The first-order valence-corrected chi connectivity index (χ1v) is 8.89. The van der Waals surface area contributed by atoms with E-state index in [0.717, 1.165) is 49.7 Å². The third kappa shape index (κ3) is 4.17. The fraction of sp³-hybridized carbons (Fsp3) is 0.400. The van der Waals surface area contributed by atoms with Gasteiger partial charge in [-0.25, -0.2) is 4.98 Å². The molecular formula is C20H26N4O. The summed E-state index contributed by atoms with van der Waals surface area (Å²) in [4.78, 5) is 21.6. The lowest BCUT2D eigenvalue weighted by atomic mass is 10.1. The van der Waals surface area contributed by atoms with E-state index in [2.05, 4.69) is 33.1 Å². The molecular weight excluding hydrogens is 312 g/mol. The van der Waals surface area contributed by atoms with E-state index < -0.39 is 0 Å². The first-order chi connectivity index (χ1) is 12.1. The Morgan fingerprint density at radius 1 is 1.12 bits per heavy atom. The van der Waals surface area contributed by atoms with Crippen LogP contribution in [-0.4, -0.2) is 48.5 Å². The maximum Gasteiger partial charge on any atom is 0.274 e. The van der Waals surface area contributed by atoms with Crippen molar-refractivity contribution in [3.63, 3.8) is 0 Å². The highest BCUT2D eigenvalue weighted by atomic mass is 16.1. The van der Waals surface area contributed by atoms with Crippen LogP contribution in [0.25, 0.3) is 0 Å². The predicted molar refractivity (Wildman–Crippen MR) is 102 cm³/mol.